The summed E-state index contributed by atoms with van der Waals surface area (Å²) in [6, 6.07) is 15.5. The van der Waals surface area contributed by atoms with Gasteiger partial charge in [0.2, 0.25) is 5.91 Å². The quantitative estimate of drug-likeness (QED) is 0.459. The van der Waals surface area contributed by atoms with E-state index < -0.39 is 0 Å². The molecule has 3 rings (SSSR count). The van der Waals surface area contributed by atoms with E-state index in [1.807, 2.05) is 24.3 Å². The van der Waals surface area contributed by atoms with Gasteiger partial charge in [0, 0.05) is 15.9 Å². The van der Waals surface area contributed by atoms with Crippen molar-refractivity contribution in [2.45, 2.75) is 17.9 Å². The van der Waals surface area contributed by atoms with Crippen LogP contribution in [0.2, 0.25) is 0 Å². The van der Waals surface area contributed by atoms with E-state index in [4.69, 9.17) is 0 Å². The van der Waals surface area contributed by atoms with Crippen LogP contribution in [0.25, 0.3) is 10.9 Å². The summed E-state index contributed by atoms with van der Waals surface area (Å²) in [6.07, 6.45) is 2.28. The SMILES string of the molecule is O=C(Cn1cnc2ccc(Br)cc2c1=O)NCCCSc1ccccc1. The number of hydrogen-bond acceptors (Lipinski definition) is 4. The van der Waals surface area contributed by atoms with Gasteiger partial charge < -0.3 is 5.32 Å². The third-order valence-electron chi connectivity index (χ3n) is 3.76. The van der Waals surface area contributed by atoms with Gasteiger partial charge in [-0.25, -0.2) is 4.98 Å². The Labute approximate surface area is 164 Å². The summed E-state index contributed by atoms with van der Waals surface area (Å²) >= 11 is 5.11. The summed E-state index contributed by atoms with van der Waals surface area (Å²) < 4.78 is 2.14. The van der Waals surface area contributed by atoms with E-state index in [0.29, 0.717) is 17.4 Å². The topological polar surface area (TPSA) is 64.0 Å². The molecule has 0 aliphatic rings. The highest BCUT2D eigenvalue weighted by Gasteiger charge is 2.08. The van der Waals surface area contributed by atoms with Crippen molar-refractivity contribution >= 4 is 44.5 Å². The fraction of sp³-hybridized carbons (Fsp3) is 0.211. The normalized spacial score (nSPS) is 10.8. The van der Waals surface area contributed by atoms with Gasteiger partial charge >= 0.3 is 0 Å². The number of rotatable bonds is 7. The summed E-state index contributed by atoms with van der Waals surface area (Å²) in [4.78, 5) is 30.0. The molecule has 26 heavy (non-hydrogen) atoms. The van der Waals surface area contributed by atoms with Crippen molar-refractivity contribution in [2.75, 3.05) is 12.3 Å². The van der Waals surface area contributed by atoms with Crippen LogP contribution >= 0.6 is 27.7 Å². The second-order valence-corrected chi connectivity index (χ2v) is 7.79. The van der Waals surface area contributed by atoms with E-state index in [0.717, 1.165) is 16.6 Å². The highest BCUT2D eigenvalue weighted by molar-refractivity contribution is 9.10. The average Bonchev–Trinajstić information content (AvgIpc) is 2.65. The van der Waals surface area contributed by atoms with Gasteiger partial charge in [-0.05, 0) is 42.5 Å². The van der Waals surface area contributed by atoms with Crippen LogP contribution in [0.3, 0.4) is 0 Å². The Balaban J connectivity index is 1.50. The Kier molecular flexibility index (Phi) is 6.46. The van der Waals surface area contributed by atoms with Crippen molar-refractivity contribution in [2.24, 2.45) is 0 Å². The minimum absolute atomic E-state index is 0.0277. The third kappa shape index (κ3) is 4.95. The lowest BCUT2D eigenvalue weighted by atomic mass is 10.2. The number of carbonyl (C=O) groups excluding carboxylic acids is 1. The molecular formula is C19H18BrN3O2S. The predicted molar refractivity (Wildman–Crippen MR) is 108 cm³/mol. The standard InChI is InChI=1S/C19H18BrN3O2S/c20-14-7-8-17-16(11-14)19(25)23(13-22-17)12-18(24)21-9-4-10-26-15-5-2-1-3-6-15/h1-3,5-8,11,13H,4,9-10,12H2,(H,21,24). The van der Waals surface area contributed by atoms with Crippen LogP contribution in [0, 0.1) is 0 Å². The molecule has 0 bridgehead atoms. The fourth-order valence-electron chi connectivity index (χ4n) is 2.46. The second-order valence-electron chi connectivity index (χ2n) is 5.70. The molecule has 0 unspecified atom stereocenters. The van der Waals surface area contributed by atoms with Crippen molar-refractivity contribution in [1.82, 2.24) is 14.9 Å². The number of amides is 1. The minimum Gasteiger partial charge on any atom is -0.355 e. The predicted octanol–water partition coefficient (Wildman–Crippen LogP) is 3.46. The molecule has 0 atom stereocenters. The summed E-state index contributed by atoms with van der Waals surface area (Å²) in [5.74, 6) is 0.739. The molecule has 0 aliphatic carbocycles. The van der Waals surface area contributed by atoms with E-state index in [1.165, 1.54) is 15.8 Å². The molecule has 0 saturated heterocycles. The molecule has 1 aromatic heterocycles. The zero-order chi connectivity index (χ0) is 18.4. The number of carbonyl (C=O) groups is 1. The summed E-state index contributed by atoms with van der Waals surface area (Å²) in [5, 5.41) is 3.35. The Morgan fingerprint density at radius 1 is 1.19 bits per heavy atom. The lowest BCUT2D eigenvalue weighted by Gasteiger charge is -2.08. The van der Waals surface area contributed by atoms with E-state index in [1.54, 1.807) is 23.9 Å². The Morgan fingerprint density at radius 2 is 2.00 bits per heavy atom. The Hall–Kier alpha value is -2.12. The maximum absolute atomic E-state index is 12.5. The summed E-state index contributed by atoms with van der Waals surface area (Å²) in [5.41, 5.74) is 0.402. The monoisotopic (exact) mass is 431 g/mol. The molecule has 5 nitrogen and oxygen atoms in total. The summed E-state index contributed by atoms with van der Waals surface area (Å²) in [6.45, 7) is 0.556. The first kappa shape index (κ1) is 18.7. The van der Waals surface area contributed by atoms with Crippen LogP contribution in [-0.2, 0) is 11.3 Å². The molecule has 3 aromatic rings. The van der Waals surface area contributed by atoms with Gasteiger partial charge in [-0.3, -0.25) is 14.2 Å². The number of hydrogen-bond donors (Lipinski definition) is 1. The molecule has 7 heteroatoms. The van der Waals surface area contributed by atoms with Crippen LogP contribution in [0.1, 0.15) is 6.42 Å². The second kappa shape index (κ2) is 9.00. The smallest absolute Gasteiger partial charge is 0.261 e. The van der Waals surface area contributed by atoms with E-state index in [2.05, 4.69) is 38.4 Å². The number of nitrogens with zero attached hydrogens (tertiary/aromatic N) is 2. The van der Waals surface area contributed by atoms with Gasteiger partial charge in [0.1, 0.15) is 6.54 Å². The van der Waals surface area contributed by atoms with Crippen LogP contribution in [0.4, 0.5) is 0 Å². The van der Waals surface area contributed by atoms with Crippen LogP contribution in [-0.4, -0.2) is 27.8 Å². The van der Waals surface area contributed by atoms with Crippen molar-refractivity contribution < 1.29 is 4.79 Å². The number of halogens is 1. The zero-order valence-corrected chi connectivity index (χ0v) is 16.4. The third-order valence-corrected chi connectivity index (χ3v) is 5.35. The van der Waals surface area contributed by atoms with E-state index >= 15 is 0 Å². The maximum atomic E-state index is 12.5. The molecule has 2 aromatic carbocycles. The molecule has 134 valence electrons. The molecule has 1 N–H and O–H groups in total. The van der Waals surface area contributed by atoms with Crippen molar-refractivity contribution in [3.05, 3.63) is 69.7 Å². The van der Waals surface area contributed by atoms with E-state index in [-0.39, 0.29) is 18.0 Å². The number of aromatic nitrogens is 2. The van der Waals surface area contributed by atoms with Gasteiger partial charge in [-0.2, -0.15) is 0 Å². The van der Waals surface area contributed by atoms with Crippen molar-refractivity contribution in [1.29, 1.82) is 0 Å². The van der Waals surface area contributed by atoms with Gasteiger partial charge in [-0.15, -0.1) is 11.8 Å². The van der Waals surface area contributed by atoms with Crippen LogP contribution < -0.4 is 10.9 Å². The molecule has 1 amide bonds. The molecular weight excluding hydrogens is 414 g/mol. The molecule has 0 radical (unpaired) electrons. The highest BCUT2D eigenvalue weighted by atomic mass is 79.9. The van der Waals surface area contributed by atoms with Gasteiger partial charge in [0.05, 0.1) is 17.2 Å². The van der Waals surface area contributed by atoms with Crippen LogP contribution in [0.15, 0.2) is 69.0 Å². The minimum atomic E-state index is -0.217. The first-order valence-corrected chi connectivity index (χ1v) is 10.0. The van der Waals surface area contributed by atoms with Gasteiger partial charge in [-0.1, -0.05) is 34.1 Å². The number of nitrogens with one attached hydrogen (secondary N) is 1. The lowest BCUT2D eigenvalue weighted by Crippen LogP contribution is -2.33. The molecule has 0 saturated carbocycles. The Bertz CT molecular complexity index is 960. The number of fused-ring (bicyclic) bond motifs is 1. The van der Waals surface area contributed by atoms with Crippen molar-refractivity contribution in [3.8, 4) is 0 Å². The van der Waals surface area contributed by atoms with E-state index in [9.17, 15) is 9.59 Å². The molecule has 0 spiro atoms. The first-order valence-electron chi connectivity index (χ1n) is 8.23. The maximum Gasteiger partial charge on any atom is 0.261 e. The van der Waals surface area contributed by atoms with Crippen molar-refractivity contribution in [3.63, 3.8) is 0 Å². The summed E-state index contributed by atoms with van der Waals surface area (Å²) in [7, 11) is 0. The fourth-order valence-corrected chi connectivity index (χ4v) is 3.70. The van der Waals surface area contributed by atoms with Gasteiger partial charge in [0.15, 0.2) is 0 Å². The number of benzene rings is 2. The highest BCUT2D eigenvalue weighted by Crippen LogP contribution is 2.17. The van der Waals surface area contributed by atoms with Gasteiger partial charge in [0.25, 0.3) is 5.56 Å². The zero-order valence-electron chi connectivity index (χ0n) is 14.0. The largest absolute Gasteiger partial charge is 0.355 e. The molecule has 0 fully saturated rings. The van der Waals surface area contributed by atoms with Crippen LogP contribution in [0.5, 0.6) is 0 Å². The Morgan fingerprint density at radius 3 is 2.81 bits per heavy atom. The average molecular weight is 432 g/mol. The first-order chi connectivity index (χ1) is 12.6. The molecule has 1 heterocycles. The molecule has 0 aliphatic heterocycles. The lowest BCUT2D eigenvalue weighted by molar-refractivity contribution is -0.121. The number of thioether (sulfide) groups is 1.